The Morgan fingerprint density at radius 3 is 1.79 bits per heavy atom. The second kappa shape index (κ2) is 28.9. The number of amides is 12. The van der Waals surface area contributed by atoms with Gasteiger partial charge in [-0.25, -0.2) is 4.79 Å². The van der Waals surface area contributed by atoms with Crippen LogP contribution < -0.4 is 60.6 Å². The van der Waals surface area contributed by atoms with Crippen molar-refractivity contribution in [2.24, 2.45) is 28.7 Å². The normalized spacial score (nSPS) is 23.2. The maximum absolute atomic E-state index is 14.6. The average Bonchev–Trinajstić information content (AvgIpc) is 3.85. The van der Waals surface area contributed by atoms with Crippen LogP contribution in [0.1, 0.15) is 62.5 Å². The summed E-state index contributed by atoms with van der Waals surface area (Å²) in [5.41, 5.74) is 29.6. The molecule has 2 heterocycles. The van der Waals surface area contributed by atoms with Gasteiger partial charge in [0.15, 0.2) is 0 Å². The van der Waals surface area contributed by atoms with E-state index in [1.165, 1.54) is 4.90 Å². The summed E-state index contributed by atoms with van der Waals surface area (Å²) >= 11 is 0. The number of likely N-dealkylation sites (N-methyl/N-ethyl adjacent to an activating group) is 1. The molecule has 392 valence electrons. The Balaban J connectivity index is 1.71. The fourth-order valence-corrected chi connectivity index (χ4v) is 10.1. The third-order valence-electron chi connectivity index (χ3n) is 11.8. The van der Waals surface area contributed by atoms with E-state index in [9.17, 15) is 52.7 Å². The molecule has 2 aromatic carbocycles. The number of imide groups is 1. The van der Waals surface area contributed by atoms with Gasteiger partial charge in [0.25, 0.3) is 5.91 Å². The summed E-state index contributed by atoms with van der Waals surface area (Å²) < 4.78 is 0. The lowest BCUT2D eigenvalue weighted by Gasteiger charge is -2.31. The van der Waals surface area contributed by atoms with E-state index in [1.54, 1.807) is 60.7 Å². The van der Waals surface area contributed by atoms with Crippen LogP contribution in [0.15, 0.2) is 60.7 Å². The van der Waals surface area contributed by atoms with Crippen molar-refractivity contribution in [3.05, 3.63) is 71.8 Å². The summed E-state index contributed by atoms with van der Waals surface area (Å²) in [4.78, 5) is 150. The third-order valence-corrected chi connectivity index (χ3v) is 14.2. The molecule has 16 N–H and O–H groups in total. The number of primary amides is 3. The quantitative estimate of drug-likeness (QED) is 0.0552. The Labute approximate surface area is 424 Å². The zero-order valence-corrected chi connectivity index (χ0v) is 41.5. The lowest BCUT2D eigenvalue weighted by Crippen LogP contribution is -2.61. The zero-order valence-electron chi connectivity index (χ0n) is 39.9. The number of benzene rings is 2. The van der Waals surface area contributed by atoms with Crippen molar-refractivity contribution in [1.82, 2.24) is 41.7 Å². The van der Waals surface area contributed by atoms with E-state index in [2.05, 4.69) is 31.9 Å². The van der Waals surface area contributed by atoms with Crippen molar-refractivity contribution < 1.29 is 52.7 Å². The van der Waals surface area contributed by atoms with Crippen molar-refractivity contribution >= 4 is 86.7 Å². The Kier molecular flexibility index (Phi) is 23.2. The van der Waals surface area contributed by atoms with Gasteiger partial charge in [-0.3, -0.25) is 52.8 Å². The number of rotatable bonds is 17. The molecule has 8 atom stereocenters. The number of nitrogens with two attached hydrogens (primary N) is 5. The number of carbonyl (C=O) groups excluding carboxylic acids is 11. The van der Waals surface area contributed by atoms with Crippen molar-refractivity contribution in [3.63, 3.8) is 0 Å². The summed E-state index contributed by atoms with van der Waals surface area (Å²) in [5.74, 6) is -9.03. The highest BCUT2D eigenvalue weighted by Gasteiger charge is 2.41. The fraction of sp³-hybridized carbons (Fsp3) is 0.500. The molecule has 4 rings (SSSR count). The lowest BCUT2D eigenvalue weighted by molar-refractivity contribution is -0.142. The number of likely N-dealkylation sites (tertiary alicyclic amines) is 1. The summed E-state index contributed by atoms with van der Waals surface area (Å²) in [5, 5.41) is 15.6. The molecule has 26 heteroatoms. The molecule has 0 aliphatic carbocycles. The van der Waals surface area contributed by atoms with E-state index in [1.807, 2.05) is 0 Å². The summed E-state index contributed by atoms with van der Waals surface area (Å²) in [6, 6.07) is 5.16. The van der Waals surface area contributed by atoms with Crippen LogP contribution in [0.25, 0.3) is 0 Å². The molecule has 0 spiro atoms. The van der Waals surface area contributed by atoms with Crippen LogP contribution in [0, 0.1) is 0 Å². The van der Waals surface area contributed by atoms with Gasteiger partial charge in [0.1, 0.15) is 42.3 Å². The molecule has 12 amide bonds. The molecule has 2 fully saturated rings. The Hall–Kier alpha value is -6.77. The summed E-state index contributed by atoms with van der Waals surface area (Å²) in [6.45, 7) is 0.332. The molecule has 72 heavy (non-hydrogen) atoms. The largest absolute Gasteiger partial charge is 0.370 e. The maximum Gasteiger partial charge on any atom is 0.321 e. The highest BCUT2D eigenvalue weighted by molar-refractivity contribution is 8.76. The lowest BCUT2D eigenvalue weighted by atomic mass is 10.0. The van der Waals surface area contributed by atoms with Crippen LogP contribution in [0.5, 0.6) is 0 Å². The number of nitrogens with one attached hydrogen (secondary N) is 6. The van der Waals surface area contributed by atoms with E-state index in [-0.39, 0.29) is 43.7 Å². The van der Waals surface area contributed by atoms with Gasteiger partial charge in [-0.05, 0) is 56.2 Å². The minimum absolute atomic E-state index is 0.0216. The first-order valence-electron chi connectivity index (χ1n) is 23.3. The van der Waals surface area contributed by atoms with Crippen molar-refractivity contribution in [1.29, 1.82) is 0 Å². The first-order valence-corrected chi connectivity index (χ1v) is 25.8. The third kappa shape index (κ3) is 18.1. The first kappa shape index (κ1) is 57.8. The maximum atomic E-state index is 14.6. The molecule has 0 saturated carbocycles. The molecule has 2 saturated heterocycles. The van der Waals surface area contributed by atoms with E-state index >= 15 is 0 Å². The SMILES string of the molecule is CN(C(N)=O)C(=O)[C@@H](CCCCN)NC(=O)[C@@H]1CCCN1C(=O)[C@@H]1CSSC[C@H](N)C(=O)N[C@@H](Cc2ccccc2)C(=O)N[C@H](Cc2ccccc2)C(=O)NC(CCC(N)=O)C(=O)N[C@H](CC(N)=O)C(=O)N1. The molecule has 2 aliphatic rings. The Morgan fingerprint density at radius 2 is 1.24 bits per heavy atom. The average molecular weight is 1040 g/mol. The standard InChI is InChI=1S/C46H65N13O11S2/c1-58(46(51)70)44(68)30(15-8-9-19-47)53-43(67)35-16-10-20-59(35)45(69)34-25-72-71-24-28(48)38(62)54-31(21-26-11-4-2-5-12-26)41(65)55-32(22-27-13-6-3-7-14-27)40(64)52-29(17-18-36(49)60)39(63)56-33(23-37(50)61)42(66)57-34/h2-7,11-14,28-35H,8-10,15-25,47-48H2,1H3,(H2,49,60)(H2,50,61)(H2,51,70)(H,52,64)(H,53,67)(H,54,62)(H,55,65)(H,56,63)(H,57,66)/t28-,29?,30+,31-,32+,33+,34-,35-/m0/s1. The smallest absolute Gasteiger partial charge is 0.321 e. The Morgan fingerprint density at radius 1 is 0.708 bits per heavy atom. The van der Waals surface area contributed by atoms with Crippen molar-refractivity contribution in [2.75, 3.05) is 31.6 Å². The monoisotopic (exact) mass is 1040 g/mol. The minimum atomic E-state index is -1.77. The molecule has 0 bridgehead atoms. The molecule has 0 radical (unpaired) electrons. The van der Waals surface area contributed by atoms with Crippen LogP contribution in [-0.4, -0.2) is 155 Å². The second-order valence-electron chi connectivity index (χ2n) is 17.3. The molecule has 2 aromatic rings. The molecule has 1 unspecified atom stereocenters. The van der Waals surface area contributed by atoms with E-state index in [0.29, 0.717) is 41.8 Å². The molecular formula is C46H65N13O11S2. The van der Waals surface area contributed by atoms with Crippen molar-refractivity contribution in [2.45, 2.75) is 113 Å². The summed E-state index contributed by atoms with van der Waals surface area (Å²) in [6.07, 6.45) is -0.289. The van der Waals surface area contributed by atoms with E-state index in [4.69, 9.17) is 28.7 Å². The van der Waals surface area contributed by atoms with Crippen LogP contribution in [0.2, 0.25) is 0 Å². The van der Waals surface area contributed by atoms with Crippen LogP contribution >= 0.6 is 21.6 Å². The van der Waals surface area contributed by atoms with Gasteiger partial charge in [-0.15, -0.1) is 0 Å². The summed E-state index contributed by atoms with van der Waals surface area (Å²) in [7, 11) is 3.22. The van der Waals surface area contributed by atoms with Crippen LogP contribution in [0.3, 0.4) is 0 Å². The number of carbonyl (C=O) groups is 11. The van der Waals surface area contributed by atoms with E-state index < -0.39 is 133 Å². The predicted octanol–water partition coefficient (Wildman–Crippen LogP) is -3.10. The van der Waals surface area contributed by atoms with Gasteiger partial charge < -0.3 is 65.5 Å². The number of nitrogens with zero attached hydrogens (tertiary/aromatic N) is 2. The van der Waals surface area contributed by atoms with Gasteiger partial charge in [-0.2, -0.15) is 0 Å². The van der Waals surface area contributed by atoms with Gasteiger partial charge in [0.05, 0.1) is 12.5 Å². The molecule has 2 aliphatic heterocycles. The highest BCUT2D eigenvalue weighted by atomic mass is 33.1. The number of unbranched alkanes of at least 4 members (excludes halogenated alkanes) is 1. The minimum Gasteiger partial charge on any atom is -0.370 e. The van der Waals surface area contributed by atoms with E-state index in [0.717, 1.165) is 28.6 Å². The zero-order chi connectivity index (χ0) is 52.9. The number of hydrogen-bond donors (Lipinski definition) is 11. The van der Waals surface area contributed by atoms with Gasteiger partial charge in [0.2, 0.25) is 53.2 Å². The molecule has 0 aromatic heterocycles. The van der Waals surface area contributed by atoms with Gasteiger partial charge >= 0.3 is 6.03 Å². The first-order chi connectivity index (χ1) is 34.3. The topological polar surface area (TPSA) is 397 Å². The predicted molar refractivity (Wildman–Crippen MR) is 267 cm³/mol. The fourth-order valence-electron chi connectivity index (χ4n) is 7.80. The van der Waals surface area contributed by atoms with Crippen LogP contribution in [0.4, 0.5) is 4.79 Å². The van der Waals surface area contributed by atoms with Crippen LogP contribution in [-0.2, 0) is 60.8 Å². The molecular weight excluding hydrogens is 975 g/mol. The number of urea groups is 1. The van der Waals surface area contributed by atoms with Gasteiger partial charge in [-0.1, -0.05) is 82.3 Å². The Bertz CT molecular complexity index is 2270. The second-order valence-corrected chi connectivity index (χ2v) is 19.9. The number of hydrogen-bond acceptors (Lipinski definition) is 15. The van der Waals surface area contributed by atoms with Crippen molar-refractivity contribution in [3.8, 4) is 0 Å². The van der Waals surface area contributed by atoms with Gasteiger partial charge in [0, 0.05) is 44.4 Å². The highest BCUT2D eigenvalue weighted by Crippen LogP contribution is 2.26. The molecule has 24 nitrogen and oxygen atoms in total.